The molecule has 1 aromatic carbocycles. The zero-order chi connectivity index (χ0) is 21.9. The highest BCUT2D eigenvalue weighted by molar-refractivity contribution is 5.90. The van der Waals surface area contributed by atoms with Crippen LogP contribution in [0.4, 0.5) is 10.6 Å². The molecule has 0 bridgehead atoms. The molecule has 2 aromatic rings. The molecular formula is C23H31N3O4. The number of unbranched alkanes of at least 4 members (excludes halogenated alkanes) is 2. The molecule has 0 aliphatic carbocycles. The van der Waals surface area contributed by atoms with Gasteiger partial charge in [0, 0.05) is 25.8 Å². The molecule has 1 unspecified atom stereocenters. The Balaban J connectivity index is 2.11. The number of rotatable bonds is 11. The maximum atomic E-state index is 12.3. The maximum absolute atomic E-state index is 12.3. The van der Waals surface area contributed by atoms with E-state index >= 15 is 0 Å². The predicted octanol–water partition coefficient (Wildman–Crippen LogP) is 4.64. The van der Waals surface area contributed by atoms with Crippen molar-refractivity contribution >= 4 is 17.8 Å². The third-order valence-electron chi connectivity index (χ3n) is 4.75. The van der Waals surface area contributed by atoms with E-state index in [2.05, 4.69) is 17.2 Å². The van der Waals surface area contributed by atoms with Crippen LogP contribution < -0.4 is 10.2 Å². The molecule has 0 fully saturated rings. The number of aliphatic carboxylic acids is 1. The second kappa shape index (κ2) is 11.9. The average Bonchev–Trinajstić information content (AvgIpc) is 2.75. The van der Waals surface area contributed by atoms with Crippen LogP contribution >= 0.6 is 0 Å². The Morgan fingerprint density at radius 1 is 1.13 bits per heavy atom. The molecule has 1 atom stereocenters. The molecule has 0 aliphatic heterocycles. The number of carboxylic acids is 1. The molecule has 7 nitrogen and oxygen atoms in total. The van der Waals surface area contributed by atoms with Gasteiger partial charge in [-0.25, -0.2) is 9.78 Å². The number of aromatic nitrogens is 1. The number of pyridine rings is 1. The first kappa shape index (κ1) is 23.3. The largest absolute Gasteiger partial charge is 0.481 e. The van der Waals surface area contributed by atoms with Crippen LogP contribution in [0.2, 0.25) is 0 Å². The Bertz CT molecular complexity index is 823. The van der Waals surface area contributed by atoms with Crippen LogP contribution in [0.3, 0.4) is 0 Å². The highest BCUT2D eigenvalue weighted by atomic mass is 16.5. The van der Waals surface area contributed by atoms with Crippen LogP contribution in [0.25, 0.3) is 11.3 Å². The smallest absolute Gasteiger partial charge is 0.322 e. The average molecular weight is 414 g/mol. The van der Waals surface area contributed by atoms with Gasteiger partial charge in [-0.3, -0.25) is 9.69 Å². The molecule has 7 heteroatoms. The van der Waals surface area contributed by atoms with E-state index in [9.17, 15) is 9.59 Å². The molecule has 1 heterocycles. The minimum absolute atomic E-state index is 0.0842. The molecule has 0 radical (unpaired) electrons. The van der Waals surface area contributed by atoms with Crippen molar-refractivity contribution in [2.75, 3.05) is 25.1 Å². The van der Waals surface area contributed by atoms with Gasteiger partial charge < -0.3 is 15.2 Å². The fourth-order valence-corrected chi connectivity index (χ4v) is 3.07. The van der Waals surface area contributed by atoms with Gasteiger partial charge in [0.15, 0.2) is 0 Å². The number of carbonyl (C=O) groups is 2. The number of amides is 2. The first-order valence-electron chi connectivity index (χ1n) is 10.4. The van der Waals surface area contributed by atoms with Gasteiger partial charge >= 0.3 is 12.0 Å². The number of nitrogens with one attached hydrogen (secondary N) is 1. The summed E-state index contributed by atoms with van der Waals surface area (Å²) < 4.78 is 5.56. The Hall–Kier alpha value is -2.93. The van der Waals surface area contributed by atoms with Crippen LogP contribution in [0.1, 0.15) is 51.2 Å². The number of ether oxygens (including phenoxy) is 1. The van der Waals surface area contributed by atoms with Gasteiger partial charge in [-0.15, -0.1) is 0 Å². The lowest BCUT2D eigenvalue weighted by molar-refractivity contribution is -0.140. The number of benzene rings is 1. The van der Waals surface area contributed by atoms with Crippen LogP contribution in [0, 0.1) is 0 Å². The lowest BCUT2D eigenvalue weighted by Gasteiger charge is -2.18. The number of anilines is 1. The number of urea groups is 1. The summed E-state index contributed by atoms with van der Waals surface area (Å²) in [6, 6.07) is 12.8. The SMILES string of the molecule is CCCCCNC(=O)N(C)c1cccc(-c2ccc(C(CC(=O)O)OCC)cc2)n1. The standard InChI is InChI=1S/C23H31N3O4/c1-4-6-7-15-24-23(29)26(3)21-10-8-9-19(25-21)17-11-13-18(14-12-17)20(30-5-2)16-22(27)28/h8-14,20H,4-7,15-16H2,1-3H3,(H,24,29)(H,27,28). The third-order valence-corrected chi connectivity index (χ3v) is 4.75. The van der Waals surface area contributed by atoms with Gasteiger partial charge in [0.25, 0.3) is 0 Å². The Morgan fingerprint density at radius 2 is 1.87 bits per heavy atom. The number of carbonyl (C=O) groups excluding carboxylic acids is 1. The minimum atomic E-state index is -0.900. The van der Waals surface area contributed by atoms with Crippen molar-refractivity contribution in [3.8, 4) is 11.3 Å². The van der Waals surface area contributed by atoms with E-state index < -0.39 is 12.1 Å². The highest BCUT2D eigenvalue weighted by Gasteiger charge is 2.16. The molecule has 1 aromatic heterocycles. The molecular weight excluding hydrogens is 382 g/mol. The third kappa shape index (κ3) is 6.84. The van der Waals surface area contributed by atoms with Crippen LogP contribution in [-0.4, -0.2) is 42.3 Å². The summed E-state index contributed by atoms with van der Waals surface area (Å²) >= 11 is 0. The van der Waals surface area contributed by atoms with Gasteiger partial charge in [0.2, 0.25) is 0 Å². The predicted molar refractivity (Wildman–Crippen MR) is 118 cm³/mol. The lowest BCUT2D eigenvalue weighted by Crippen LogP contribution is -2.38. The second-order valence-electron chi connectivity index (χ2n) is 7.04. The minimum Gasteiger partial charge on any atom is -0.481 e. The molecule has 162 valence electrons. The number of hydrogen-bond acceptors (Lipinski definition) is 4. The van der Waals surface area contributed by atoms with Crippen LogP contribution in [-0.2, 0) is 9.53 Å². The van der Waals surface area contributed by atoms with Crippen LogP contribution in [0.15, 0.2) is 42.5 Å². The van der Waals surface area contributed by atoms with Crippen molar-refractivity contribution in [3.05, 3.63) is 48.0 Å². The van der Waals surface area contributed by atoms with Gasteiger partial charge in [-0.05, 0) is 31.0 Å². The normalized spacial score (nSPS) is 11.7. The lowest BCUT2D eigenvalue weighted by atomic mass is 10.0. The van der Waals surface area contributed by atoms with E-state index in [-0.39, 0.29) is 12.5 Å². The summed E-state index contributed by atoms with van der Waals surface area (Å²) in [5.41, 5.74) is 2.42. The molecule has 2 N–H and O–H groups in total. The Morgan fingerprint density at radius 3 is 2.50 bits per heavy atom. The van der Waals surface area contributed by atoms with Crippen LogP contribution in [0.5, 0.6) is 0 Å². The van der Waals surface area contributed by atoms with Gasteiger partial charge in [-0.2, -0.15) is 0 Å². The van der Waals surface area contributed by atoms with Crippen molar-refractivity contribution in [2.45, 2.75) is 45.6 Å². The topological polar surface area (TPSA) is 91.8 Å². The summed E-state index contributed by atoms with van der Waals surface area (Å²) in [5, 5.41) is 12.0. The van der Waals surface area contributed by atoms with Crippen molar-refractivity contribution < 1.29 is 19.4 Å². The van der Waals surface area contributed by atoms with E-state index in [4.69, 9.17) is 9.84 Å². The summed E-state index contributed by atoms with van der Waals surface area (Å²) in [6.45, 7) is 5.06. The first-order valence-corrected chi connectivity index (χ1v) is 10.4. The molecule has 0 aliphatic rings. The van der Waals surface area contributed by atoms with E-state index in [0.29, 0.717) is 19.0 Å². The summed E-state index contributed by atoms with van der Waals surface area (Å²) in [4.78, 5) is 29.5. The van der Waals surface area contributed by atoms with Crippen molar-refractivity contribution in [2.24, 2.45) is 0 Å². The summed E-state index contributed by atoms with van der Waals surface area (Å²) in [5.74, 6) is -0.342. The monoisotopic (exact) mass is 413 g/mol. The second-order valence-corrected chi connectivity index (χ2v) is 7.04. The number of nitrogens with zero attached hydrogens (tertiary/aromatic N) is 2. The van der Waals surface area contributed by atoms with E-state index in [1.165, 1.54) is 4.90 Å². The fraction of sp³-hybridized carbons (Fsp3) is 0.435. The van der Waals surface area contributed by atoms with Gasteiger partial charge in [0.05, 0.1) is 18.2 Å². The zero-order valence-corrected chi connectivity index (χ0v) is 17.9. The molecule has 0 saturated carbocycles. The van der Waals surface area contributed by atoms with E-state index in [0.717, 1.165) is 36.1 Å². The van der Waals surface area contributed by atoms with Gasteiger partial charge in [0.1, 0.15) is 5.82 Å². The van der Waals surface area contributed by atoms with E-state index in [1.54, 1.807) is 13.1 Å². The Labute approximate surface area is 178 Å². The summed E-state index contributed by atoms with van der Waals surface area (Å²) in [6.07, 6.45) is 2.59. The molecule has 0 spiro atoms. The molecule has 2 amide bonds. The van der Waals surface area contributed by atoms with Crippen molar-refractivity contribution in [1.29, 1.82) is 0 Å². The first-order chi connectivity index (χ1) is 14.5. The Kier molecular flexibility index (Phi) is 9.28. The molecule has 0 saturated heterocycles. The molecule has 2 rings (SSSR count). The zero-order valence-electron chi connectivity index (χ0n) is 17.9. The maximum Gasteiger partial charge on any atom is 0.322 e. The van der Waals surface area contributed by atoms with E-state index in [1.807, 2.05) is 43.3 Å². The van der Waals surface area contributed by atoms with Crippen molar-refractivity contribution in [3.63, 3.8) is 0 Å². The van der Waals surface area contributed by atoms with Gasteiger partial charge in [-0.1, -0.05) is 50.1 Å². The number of carboxylic acid groups (broad SMARTS) is 1. The quantitative estimate of drug-likeness (QED) is 0.524. The fourth-order valence-electron chi connectivity index (χ4n) is 3.07. The molecule has 30 heavy (non-hydrogen) atoms. The number of hydrogen-bond donors (Lipinski definition) is 2. The van der Waals surface area contributed by atoms with Crippen molar-refractivity contribution in [1.82, 2.24) is 10.3 Å². The summed E-state index contributed by atoms with van der Waals surface area (Å²) in [7, 11) is 1.70. The highest BCUT2D eigenvalue weighted by Crippen LogP contribution is 2.26.